The van der Waals surface area contributed by atoms with Crippen LogP contribution in [0.1, 0.15) is 30.1 Å². The van der Waals surface area contributed by atoms with E-state index in [-0.39, 0.29) is 28.2 Å². The lowest BCUT2D eigenvalue weighted by atomic mass is 10.0. The van der Waals surface area contributed by atoms with Crippen molar-refractivity contribution in [2.75, 3.05) is 19.6 Å². The van der Waals surface area contributed by atoms with Crippen molar-refractivity contribution in [3.8, 4) is 0 Å². The minimum absolute atomic E-state index is 0.0932. The number of nitrogens with one attached hydrogen (secondary N) is 1. The predicted molar refractivity (Wildman–Crippen MR) is 80.7 cm³/mol. The molecule has 0 aliphatic carbocycles. The van der Waals surface area contributed by atoms with Crippen molar-refractivity contribution in [2.24, 2.45) is 0 Å². The zero-order chi connectivity index (χ0) is 15.4. The number of benzene rings is 1. The number of carbonyl (C=O) groups excluding carboxylic acids is 1. The van der Waals surface area contributed by atoms with Gasteiger partial charge in [-0.2, -0.15) is 0 Å². The lowest BCUT2D eigenvalue weighted by Crippen LogP contribution is -2.44. The number of hydrogen-bond acceptors (Lipinski definition) is 4. The molecule has 1 amide bonds. The van der Waals surface area contributed by atoms with E-state index in [1.807, 2.05) is 0 Å². The van der Waals surface area contributed by atoms with Crippen LogP contribution in [0.25, 0.3) is 0 Å². The summed E-state index contributed by atoms with van der Waals surface area (Å²) in [4.78, 5) is 24.8. The second kappa shape index (κ2) is 6.87. The molecule has 0 radical (unpaired) electrons. The van der Waals surface area contributed by atoms with Crippen LogP contribution in [0.4, 0.5) is 5.69 Å². The summed E-state index contributed by atoms with van der Waals surface area (Å²) in [5, 5.41) is 13.6. The molecule has 1 fully saturated rings. The van der Waals surface area contributed by atoms with Gasteiger partial charge in [0.25, 0.3) is 11.6 Å². The standard InChI is InChI=1S/C14H18ClN3O3/c1-2-17-8-6-10(7-9-17)16-14(19)11-4-3-5-12(13(11)15)18(20)21/h3-5,10H,2,6-9H2,1H3,(H,16,19). The van der Waals surface area contributed by atoms with E-state index in [0.717, 1.165) is 32.5 Å². The molecule has 0 aromatic heterocycles. The Balaban J connectivity index is 2.04. The summed E-state index contributed by atoms with van der Waals surface area (Å²) in [6, 6.07) is 4.36. The van der Waals surface area contributed by atoms with Crippen LogP contribution in [-0.4, -0.2) is 41.4 Å². The Morgan fingerprint density at radius 1 is 1.48 bits per heavy atom. The van der Waals surface area contributed by atoms with Crippen LogP contribution in [0, 0.1) is 10.1 Å². The second-order valence-electron chi connectivity index (χ2n) is 5.08. The Morgan fingerprint density at radius 2 is 2.14 bits per heavy atom. The van der Waals surface area contributed by atoms with Crippen molar-refractivity contribution in [3.05, 3.63) is 38.9 Å². The molecule has 0 saturated carbocycles. The summed E-state index contributed by atoms with van der Waals surface area (Å²) < 4.78 is 0. The van der Waals surface area contributed by atoms with Crippen LogP contribution in [0.5, 0.6) is 0 Å². The highest BCUT2D eigenvalue weighted by molar-refractivity contribution is 6.35. The van der Waals surface area contributed by atoms with Crippen LogP contribution in [0.15, 0.2) is 18.2 Å². The Morgan fingerprint density at radius 3 is 2.71 bits per heavy atom. The van der Waals surface area contributed by atoms with Gasteiger partial charge in [-0.15, -0.1) is 0 Å². The Hall–Kier alpha value is -1.66. The van der Waals surface area contributed by atoms with Gasteiger partial charge in [0.1, 0.15) is 5.02 Å². The fourth-order valence-corrected chi connectivity index (χ4v) is 2.77. The number of nitrogens with zero attached hydrogens (tertiary/aromatic N) is 2. The van der Waals surface area contributed by atoms with Crippen molar-refractivity contribution < 1.29 is 9.72 Å². The smallest absolute Gasteiger partial charge is 0.288 e. The van der Waals surface area contributed by atoms with Crippen molar-refractivity contribution in [1.29, 1.82) is 0 Å². The number of hydrogen-bond donors (Lipinski definition) is 1. The predicted octanol–water partition coefficient (Wildman–Crippen LogP) is 2.46. The van der Waals surface area contributed by atoms with Crippen molar-refractivity contribution in [3.63, 3.8) is 0 Å². The molecule has 0 spiro atoms. The number of rotatable bonds is 4. The van der Waals surface area contributed by atoms with E-state index in [1.165, 1.54) is 18.2 Å². The summed E-state index contributed by atoms with van der Waals surface area (Å²) in [6.45, 7) is 5.02. The van der Waals surface area contributed by atoms with E-state index in [2.05, 4.69) is 17.1 Å². The fourth-order valence-electron chi connectivity index (χ4n) is 2.49. The maximum absolute atomic E-state index is 12.2. The van der Waals surface area contributed by atoms with Gasteiger partial charge in [-0.05, 0) is 25.5 Å². The molecule has 1 N–H and O–H groups in total. The van der Waals surface area contributed by atoms with Crippen LogP contribution in [0.2, 0.25) is 5.02 Å². The average molecular weight is 312 g/mol. The molecule has 1 heterocycles. The first-order valence-corrected chi connectivity index (χ1v) is 7.36. The van der Waals surface area contributed by atoms with Crippen molar-refractivity contribution >= 4 is 23.2 Å². The van der Waals surface area contributed by atoms with Gasteiger partial charge in [-0.3, -0.25) is 14.9 Å². The first-order chi connectivity index (χ1) is 10.0. The third-order valence-corrected chi connectivity index (χ3v) is 4.19. The minimum atomic E-state index is -0.584. The molecule has 114 valence electrons. The lowest BCUT2D eigenvalue weighted by Gasteiger charge is -2.31. The molecule has 7 heteroatoms. The summed E-state index contributed by atoms with van der Waals surface area (Å²) in [5.41, 5.74) is -0.0890. The monoisotopic (exact) mass is 311 g/mol. The van der Waals surface area contributed by atoms with Crippen LogP contribution in [-0.2, 0) is 0 Å². The molecule has 6 nitrogen and oxygen atoms in total. The average Bonchev–Trinajstić information content (AvgIpc) is 2.47. The fraction of sp³-hybridized carbons (Fsp3) is 0.500. The first kappa shape index (κ1) is 15.7. The highest BCUT2D eigenvalue weighted by Gasteiger charge is 2.24. The van der Waals surface area contributed by atoms with E-state index in [9.17, 15) is 14.9 Å². The number of amides is 1. The Kier molecular flexibility index (Phi) is 5.14. The van der Waals surface area contributed by atoms with Gasteiger partial charge >= 0.3 is 0 Å². The third kappa shape index (κ3) is 3.71. The molecular weight excluding hydrogens is 294 g/mol. The van der Waals surface area contributed by atoms with Crippen molar-refractivity contribution in [2.45, 2.75) is 25.8 Å². The van der Waals surface area contributed by atoms with Gasteiger partial charge in [-0.1, -0.05) is 24.6 Å². The molecule has 0 unspecified atom stereocenters. The van der Waals surface area contributed by atoms with Crippen LogP contribution >= 0.6 is 11.6 Å². The van der Waals surface area contributed by atoms with E-state index >= 15 is 0 Å². The van der Waals surface area contributed by atoms with Crippen LogP contribution < -0.4 is 5.32 Å². The van der Waals surface area contributed by atoms with Gasteiger partial charge in [0.15, 0.2) is 0 Å². The number of nitro groups is 1. The summed E-state index contributed by atoms with van der Waals surface area (Å²) in [6.07, 6.45) is 1.76. The number of likely N-dealkylation sites (tertiary alicyclic amines) is 1. The zero-order valence-corrected chi connectivity index (χ0v) is 12.6. The highest BCUT2D eigenvalue weighted by Crippen LogP contribution is 2.27. The number of piperidine rings is 1. The second-order valence-corrected chi connectivity index (χ2v) is 5.46. The van der Waals surface area contributed by atoms with Gasteiger partial charge in [-0.25, -0.2) is 0 Å². The maximum Gasteiger partial charge on any atom is 0.288 e. The molecule has 21 heavy (non-hydrogen) atoms. The SMILES string of the molecule is CCN1CCC(NC(=O)c2cccc([N+](=O)[O-])c2Cl)CC1. The molecule has 0 atom stereocenters. The largest absolute Gasteiger partial charge is 0.349 e. The van der Waals surface area contributed by atoms with Gasteiger partial charge < -0.3 is 10.2 Å². The molecule has 0 bridgehead atoms. The normalized spacial score (nSPS) is 16.7. The number of nitro benzene ring substituents is 1. The molecule has 1 saturated heterocycles. The first-order valence-electron chi connectivity index (χ1n) is 6.99. The third-order valence-electron chi connectivity index (χ3n) is 3.79. The molecule has 1 aliphatic heterocycles. The van der Waals surface area contributed by atoms with Gasteiger partial charge in [0, 0.05) is 25.2 Å². The highest BCUT2D eigenvalue weighted by atomic mass is 35.5. The summed E-state index contributed by atoms with van der Waals surface area (Å²) in [5.74, 6) is -0.348. The quantitative estimate of drug-likeness (QED) is 0.684. The number of halogens is 1. The Labute approximate surface area is 128 Å². The Bertz CT molecular complexity index is 542. The van der Waals surface area contributed by atoms with E-state index in [4.69, 9.17) is 11.6 Å². The van der Waals surface area contributed by atoms with Crippen LogP contribution in [0.3, 0.4) is 0 Å². The van der Waals surface area contributed by atoms with Gasteiger partial charge in [0.05, 0.1) is 10.5 Å². The minimum Gasteiger partial charge on any atom is -0.349 e. The van der Waals surface area contributed by atoms with Crippen molar-refractivity contribution in [1.82, 2.24) is 10.2 Å². The molecule has 1 aromatic rings. The zero-order valence-electron chi connectivity index (χ0n) is 11.8. The molecule has 1 aromatic carbocycles. The lowest BCUT2D eigenvalue weighted by molar-refractivity contribution is -0.384. The van der Waals surface area contributed by atoms with Gasteiger partial charge in [0.2, 0.25) is 0 Å². The topological polar surface area (TPSA) is 75.5 Å². The summed E-state index contributed by atoms with van der Waals surface area (Å²) >= 11 is 5.95. The van der Waals surface area contributed by atoms with E-state index < -0.39 is 4.92 Å². The molecule has 2 rings (SSSR count). The summed E-state index contributed by atoms with van der Waals surface area (Å²) in [7, 11) is 0. The number of carbonyl (C=O) groups is 1. The molecular formula is C14H18ClN3O3. The molecule has 1 aliphatic rings. The van der Waals surface area contributed by atoms with E-state index in [0.29, 0.717) is 0 Å². The van der Waals surface area contributed by atoms with E-state index in [1.54, 1.807) is 0 Å². The maximum atomic E-state index is 12.2.